The van der Waals surface area contributed by atoms with Gasteiger partial charge in [0.05, 0.1) is 5.69 Å². The predicted octanol–water partition coefficient (Wildman–Crippen LogP) is 0.906. The maximum Gasteiger partial charge on any atom is 0.0727 e. The lowest BCUT2D eigenvalue weighted by atomic mass is 10.4. The Kier molecular flexibility index (Phi) is 1.86. The first-order valence-electron chi connectivity index (χ1n) is 2.31. The minimum Gasteiger partial charge on any atom is -0.173 e. The van der Waals surface area contributed by atoms with Gasteiger partial charge in [0.25, 0.3) is 0 Å². The van der Waals surface area contributed by atoms with Crippen molar-refractivity contribution in [2.45, 2.75) is 5.75 Å². The molecule has 42 valence electrons. The van der Waals surface area contributed by atoms with E-state index in [9.17, 15) is 0 Å². The Hall–Kier alpha value is -0.570. The van der Waals surface area contributed by atoms with Crippen LogP contribution in [-0.4, -0.2) is 10.2 Å². The number of hydrogen-bond donors (Lipinski definition) is 1. The first-order valence-corrected chi connectivity index (χ1v) is 2.94. The molecule has 1 heterocycles. The summed E-state index contributed by atoms with van der Waals surface area (Å²) < 4.78 is 0. The number of aromatic nitrogens is 2. The molecule has 0 amide bonds. The van der Waals surface area contributed by atoms with Gasteiger partial charge in [0.2, 0.25) is 0 Å². The van der Waals surface area contributed by atoms with Crippen LogP contribution in [0.2, 0.25) is 0 Å². The molecule has 1 aromatic heterocycles. The van der Waals surface area contributed by atoms with Crippen LogP contribution in [-0.2, 0) is 5.75 Å². The summed E-state index contributed by atoms with van der Waals surface area (Å²) in [5.74, 6) is 0.661. The largest absolute Gasteiger partial charge is 0.173 e. The molecule has 0 bridgehead atoms. The van der Waals surface area contributed by atoms with Crippen molar-refractivity contribution in [1.82, 2.24) is 10.2 Å². The van der Waals surface area contributed by atoms with Gasteiger partial charge in [-0.05, 0) is 12.1 Å². The van der Waals surface area contributed by atoms with Crippen LogP contribution in [0.1, 0.15) is 5.69 Å². The zero-order valence-electron chi connectivity index (χ0n) is 4.28. The summed E-state index contributed by atoms with van der Waals surface area (Å²) in [7, 11) is 0. The molecule has 0 aromatic carbocycles. The second-order valence-corrected chi connectivity index (χ2v) is 1.69. The molecule has 1 rings (SSSR count). The average molecular weight is 126 g/mol. The lowest BCUT2D eigenvalue weighted by Gasteiger charge is -1.86. The highest BCUT2D eigenvalue weighted by molar-refractivity contribution is 7.79. The Morgan fingerprint density at radius 2 is 2.50 bits per heavy atom. The Labute approximate surface area is 53.4 Å². The molecule has 0 aliphatic rings. The van der Waals surface area contributed by atoms with E-state index in [1.807, 2.05) is 12.1 Å². The minimum atomic E-state index is 0.661. The van der Waals surface area contributed by atoms with Crippen LogP contribution < -0.4 is 0 Å². The summed E-state index contributed by atoms with van der Waals surface area (Å²) in [6.45, 7) is 0. The highest BCUT2D eigenvalue weighted by Crippen LogP contribution is 1.93. The van der Waals surface area contributed by atoms with Gasteiger partial charge in [0.15, 0.2) is 0 Å². The van der Waals surface area contributed by atoms with E-state index in [1.54, 1.807) is 6.20 Å². The van der Waals surface area contributed by atoms with Crippen LogP contribution in [0.25, 0.3) is 0 Å². The van der Waals surface area contributed by atoms with E-state index in [0.717, 1.165) is 5.69 Å². The van der Waals surface area contributed by atoms with E-state index < -0.39 is 0 Å². The van der Waals surface area contributed by atoms with E-state index >= 15 is 0 Å². The van der Waals surface area contributed by atoms with E-state index in [4.69, 9.17) is 0 Å². The van der Waals surface area contributed by atoms with Crippen molar-refractivity contribution in [3.05, 3.63) is 24.0 Å². The highest BCUT2D eigenvalue weighted by Gasteiger charge is 1.83. The van der Waals surface area contributed by atoms with Crippen LogP contribution in [0.4, 0.5) is 0 Å². The van der Waals surface area contributed by atoms with Gasteiger partial charge in [-0.15, -0.1) is 0 Å². The highest BCUT2D eigenvalue weighted by atomic mass is 32.1. The minimum absolute atomic E-state index is 0.661. The molecular formula is C5H6N2S. The molecule has 0 saturated carbocycles. The molecule has 1 aromatic rings. The van der Waals surface area contributed by atoms with Crippen molar-refractivity contribution in [2.24, 2.45) is 0 Å². The molecule has 0 unspecified atom stereocenters. The van der Waals surface area contributed by atoms with Gasteiger partial charge in [-0.1, -0.05) is 0 Å². The topological polar surface area (TPSA) is 25.8 Å². The van der Waals surface area contributed by atoms with Gasteiger partial charge in [0.1, 0.15) is 0 Å². The monoisotopic (exact) mass is 126 g/mol. The van der Waals surface area contributed by atoms with Gasteiger partial charge in [-0.2, -0.15) is 22.8 Å². The summed E-state index contributed by atoms with van der Waals surface area (Å²) in [6.07, 6.45) is 1.65. The first kappa shape index (κ1) is 5.56. The Balaban J connectivity index is 2.83. The fraction of sp³-hybridized carbons (Fsp3) is 0.200. The molecule has 0 spiro atoms. The van der Waals surface area contributed by atoms with Gasteiger partial charge in [-0.25, -0.2) is 0 Å². The predicted molar refractivity (Wildman–Crippen MR) is 34.7 cm³/mol. The molecule has 0 fully saturated rings. The van der Waals surface area contributed by atoms with Crippen LogP contribution in [0.15, 0.2) is 18.3 Å². The van der Waals surface area contributed by atoms with Crippen molar-refractivity contribution in [1.29, 1.82) is 0 Å². The third-order valence-corrected chi connectivity index (χ3v) is 1.11. The van der Waals surface area contributed by atoms with Crippen LogP contribution in [0, 0.1) is 0 Å². The van der Waals surface area contributed by atoms with Crippen molar-refractivity contribution < 1.29 is 0 Å². The maximum atomic E-state index is 4.01. The van der Waals surface area contributed by atoms with E-state index in [0.29, 0.717) is 5.75 Å². The number of nitrogens with zero attached hydrogens (tertiary/aromatic N) is 2. The normalized spacial score (nSPS) is 9.12. The Bertz CT molecular complexity index is 152. The third-order valence-electron chi connectivity index (χ3n) is 0.790. The standard InChI is InChI=1S/C5H6N2S/c8-4-5-2-1-3-6-7-5/h1-3,8H,4H2. The number of rotatable bonds is 1. The summed E-state index contributed by atoms with van der Waals surface area (Å²) in [5, 5.41) is 7.43. The molecule has 0 aliphatic heterocycles. The molecule has 0 radical (unpaired) electrons. The SMILES string of the molecule is SCc1cccnn1. The van der Waals surface area contributed by atoms with Crippen molar-refractivity contribution in [2.75, 3.05) is 0 Å². The van der Waals surface area contributed by atoms with Crippen LogP contribution in [0.5, 0.6) is 0 Å². The van der Waals surface area contributed by atoms with Gasteiger partial charge in [0, 0.05) is 11.9 Å². The number of thiol groups is 1. The molecule has 0 saturated heterocycles. The molecule has 0 atom stereocenters. The zero-order chi connectivity index (χ0) is 5.82. The van der Waals surface area contributed by atoms with E-state index in [1.165, 1.54) is 0 Å². The number of hydrogen-bond acceptors (Lipinski definition) is 3. The summed E-state index contributed by atoms with van der Waals surface area (Å²) in [5.41, 5.74) is 0.913. The summed E-state index contributed by atoms with van der Waals surface area (Å²) in [4.78, 5) is 0. The molecule has 8 heavy (non-hydrogen) atoms. The summed E-state index contributed by atoms with van der Waals surface area (Å²) in [6, 6.07) is 3.73. The lowest BCUT2D eigenvalue weighted by molar-refractivity contribution is 0.973. The van der Waals surface area contributed by atoms with E-state index in [-0.39, 0.29) is 0 Å². The fourth-order valence-corrected chi connectivity index (χ4v) is 0.586. The zero-order valence-corrected chi connectivity index (χ0v) is 5.18. The fourth-order valence-electron chi connectivity index (χ4n) is 0.418. The molecule has 3 heteroatoms. The van der Waals surface area contributed by atoms with Gasteiger partial charge in [-0.3, -0.25) is 0 Å². The van der Waals surface area contributed by atoms with Crippen LogP contribution >= 0.6 is 12.6 Å². The second-order valence-electron chi connectivity index (χ2n) is 1.37. The van der Waals surface area contributed by atoms with Gasteiger partial charge < -0.3 is 0 Å². The first-order chi connectivity index (χ1) is 3.93. The summed E-state index contributed by atoms with van der Waals surface area (Å²) >= 11 is 4.01. The average Bonchev–Trinajstić information content (AvgIpc) is 1.90. The van der Waals surface area contributed by atoms with Gasteiger partial charge >= 0.3 is 0 Å². The molecule has 2 nitrogen and oxygen atoms in total. The maximum absolute atomic E-state index is 4.01. The lowest BCUT2D eigenvalue weighted by Crippen LogP contribution is -1.84. The van der Waals surface area contributed by atoms with E-state index in [2.05, 4.69) is 22.8 Å². The molecular weight excluding hydrogens is 120 g/mol. The van der Waals surface area contributed by atoms with Crippen molar-refractivity contribution in [3.8, 4) is 0 Å². The Morgan fingerprint density at radius 1 is 1.62 bits per heavy atom. The quantitative estimate of drug-likeness (QED) is 0.566. The Morgan fingerprint density at radius 3 is 2.88 bits per heavy atom. The second kappa shape index (κ2) is 2.67. The third kappa shape index (κ3) is 1.20. The van der Waals surface area contributed by atoms with Crippen molar-refractivity contribution in [3.63, 3.8) is 0 Å². The molecule has 0 N–H and O–H groups in total. The van der Waals surface area contributed by atoms with Crippen LogP contribution in [0.3, 0.4) is 0 Å². The smallest absolute Gasteiger partial charge is 0.0727 e. The van der Waals surface area contributed by atoms with Crippen molar-refractivity contribution >= 4 is 12.6 Å². The molecule has 0 aliphatic carbocycles.